The Hall–Kier alpha value is -2.36. The van der Waals surface area contributed by atoms with Gasteiger partial charge in [-0.05, 0) is 49.2 Å². The van der Waals surface area contributed by atoms with Gasteiger partial charge in [-0.25, -0.2) is 4.98 Å². The average Bonchev–Trinajstić information content (AvgIpc) is 2.46. The van der Waals surface area contributed by atoms with Crippen molar-refractivity contribution in [1.29, 1.82) is 0 Å². The summed E-state index contributed by atoms with van der Waals surface area (Å²) in [5.41, 5.74) is 3.42. The maximum atomic E-state index is 10.8. The minimum absolute atomic E-state index is 0.374. The fourth-order valence-electron chi connectivity index (χ4n) is 2.15. The molecule has 0 unspecified atom stereocenters. The number of carbonyl (C=O) groups is 1. The van der Waals surface area contributed by atoms with E-state index in [1.165, 1.54) is 0 Å². The van der Waals surface area contributed by atoms with E-state index < -0.39 is 0 Å². The van der Waals surface area contributed by atoms with Crippen molar-refractivity contribution in [2.24, 2.45) is 0 Å². The number of ether oxygens (including phenoxy) is 2. The second-order valence-electron chi connectivity index (χ2n) is 4.56. The van der Waals surface area contributed by atoms with Crippen molar-refractivity contribution < 1.29 is 14.3 Å². The highest BCUT2D eigenvalue weighted by Crippen LogP contribution is 2.26. The number of aryl methyl sites for hydroxylation is 2. The van der Waals surface area contributed by atoms with E-state index in [0.29, 0.717) is 18.1 Å². The van der Waals surface area contributed by atoms with Crippen LogP contribution in [0.15, 0.2) is 30.5 Å². The van der Waals surface area contributed by atoms with E-state index in [-0.39, 0.29) is 0 Å². The molecule has 0 aliphatic rings. The molecule has 1 aromatic carbocycles. The highest BCUT2D eigenvalue weighted by Gasteiger charge is 2.09. The normalized spacial score (nSPS) is 10.2. The number of hydrogen-bond acceptors (Lipinski definition) is 4. The van der Waals surface area contributed by atoms with Crippen molar-refractivity contribution in [1.82, 2.24) is 4.98 Å². The fourth-order valence-corrected chi connectivity index (χ4v) is 2.15. The number of rotatable bonds is 5. The first-order valence-electron chi connectivity index (χ1n) is 6.32. The molecular formula is C16H17NO3. The van der Waals surface area contributed by atoms with Crippen LogP contribution in [0.25, 0.3) is 0 Å². The summed E-state index contributed by atoms with van der Waals surface area (Å²) in [6.07, 6.45) is 2.52. The van der Waals surface area contributed by atoms with Crippen molar-refractivity contribution in [2.75, 3.05) is 7.11 Å². The molecule has 0 bridgehead atoms. The van der Waals surface area contributed by atoms with Gasteiger partial charge in [0.25, 0.3) is 0 Å². The maximum absolute atomic E-state index is 10.8. The van der Waals surface area contributed by atoms with Crippen LogP contribution in [0.1, 0.15) is 27.0 Å². The van der Waals surface area contributed by atoms with E-state index >= 15 is 0 Å². The molecule has 0 aliphatic heterocycles. The van der Waals surface area contributed by atoms with Crippen LogP contribution in [0.2, 0.25) is 0 Å². The van der Waals surface area contributed by atoms with Crippen molar-refractivity contribution in [2.45, 2.75) is 20.5 Å². The maximum Gasteiger partial charge on any atom is 0.219 e. The van der Waals surface area contributed by atoms with E-state index in [1.54, 1.807) is 13.3 Å². The largest absolute Gasteiger partial charge is 0.488 e. The first kappa shape index (κ1) is 14.1. The van der Waals surface area contributed by atoms with Gasteiger partial charge in [0.05, 0.1) is 12.7 Å². The molecule has 0 spiro atoms. The SMILES string of the molecule is COc1ncccc1COc1c(C)cc(C=O)cc1C. The molecule has 0 radical (unpaired) electrons. The molecule has 104 valence electrons. The van der Waals surface area contributed by atoms with Crippen LogP contribution in [-0.4, -0.2) is 18.4 Å². The van der Waals surface area contributed by atoms with Gasteiger partial charge < -0.3 is 9.47 Å². The average molecular weight is 271 g/mol. The van der Waals surface area contributed by atoms with Crippen LogP contribution in [0, 0.1) is 13.8 Å². The van der Waals surface area contributed by atoms with Gasteiger partial charge in [-0.15, -0.1) is 0 Å². The highest BCUT2D eigenvalue weighted by atomic mass is 16.5. The van der Waals surface area contributed by atoms with E-state index in [4.69, 9.17) is 9.47 Å². The Balaban J connectivity index is 2.21. The zero-order chi connectivity index (χ0) is 14.5. The second-order valence-corrected chi connectivity index (χ2v) is 4.56. The van der Waals surface area contributed by atoms with Crippen molar-refractivity contribution in [3.8, 4) is 11.6 Å². The Bertz CT molecular complexity index is 600. The molecule has 0 atom stereocenters. The van der Waals surface area contributed by atoms with Crippen LogP contribution in [0.5, 0.6) is 11.6 Å². The lowest BCUT2D eigenvalue weighted by atomic mass is 10.1. The minimum atomic E-state index is 0.374. The summed E-state index contributed by atoms with van der Waals surface area (Å²) in [6.45, 7) is 4.23. The molecule has 0 saturated carbocycles. The molecule has 1 heterocycles. The minimum Gasteiger partial charge on any atom is -0.488 e. The van der Waals surface area contributed by atoms with Gasteiger partial charge in [-0.3, -0.25) is 4.79 Å². The zero-order valence-corrected chi connectivity index (χ0v) is 11.8. The first-order valence-corrected chi connectivity index (χ1v) is 6.32. The molecule has 2 rings (SSSR count). The number of nitrogens with zero attached hydrogens (tertiary/aromatic N) is 1. The predicted molar refractivity (Wildman–Crippen MR) is 76.4 cm³/mol. The Labute approximate surface area is 118 Å². The van der Waals surface area contributed by atoms with Crippen LogP contribution < -0.4 is 9.47 Å². The number of aromatic nitrogens is 1. The van der Waals surface area contributed by atoms with Gasteiger partial charge in [0, 0.05) is 11.8 Å². The fraction of sp³-hybridized carbons (Fsp3) is 0.250. The summed E-state index contributed by atoms with van der Waals surface area (Å²) < 4.78 is 11.1. The number of aldehydes is 1. The molecule has 0 saturated heterocycles. The molecule has 0 N–H and O–H groups in total. The summed E-state index contributed by atoms with van der Waals surface area (Å²) in [5.74, 6) is 1.36. The Morgan fingerprint density at radius 1 is 1.25 bits per heavy atom. The molecule has 0 aliphatic carbocycles. The van der Waals surface area contributed by atoms with E-state index in [9.17, 15) is 4.79 Å². The second kappa shape index (κ2) is 6.19. The molecular weight excluding hydrogens is 254 g/mol. The first-order chi connectivity index (χ1) is 9.65. The number of carbonyl (C=O) groups excluding carboxylic acids is 1. The van der Waals surface area contributed by atoms with Crippen LogP contribution in [0.3, 0.4) is 0 Å². The van der Waals surface area contributed by atoms with Crippen LogP contribution >= 0.6 is 0 Å². The number of hydrogen-bond donors (Lipinski definition) is 0. The van der Waals surface area contributed by atoms with Gasteiger partial charge >= 0.3 is 0 Å². The Morgan fingerprint density at radius 2 is 1.95 bits per heavy atom. The van der Waals surface area contributed by atoms with E-state index in [1.807, 2.05) is 38.1 Å². The van der Waals surface area contributed by atoms with Gasteiger partial charge in [0.2, 0.25) is 5.88 Å². The molecule has 20 heavy (non-hydrogen) atoms. The molecule has 0 amide bonds. The van der Waals surface area contributed by atoms with Gasteiger partial charge in [-0.1, -0.05) is 0 Å². The lowest BCUT2D eigenvalue weighted by Crippen LogP contribution is -2.02. The summed E-state index contributed by atoms with van der Waals surface area (Å²) >= 11 is 0. The van der Waals surface area contributed by atoms with Crippen LogP contribution in [0.4, 0.5) is 0 Å². The summed E-state index contributed by atoms with van der Waals surface area (Å²) in [5, 5.41) is 0. The Morgan fingerprint density at radius 3 is 2.55 bits per heavy atom. The summed E-state index contributed by atoms with van der Waals surface area (Å²) in [4.78, 5) is 15.0. The van der Waals surface area contributed by atoms with Gasteiger partial charge in [0.1, 0.15) is 18.6 Å². The van der Waals surface area contributed by atoms with Crippen LogP contribution in [-0.2, 0) is 6.61 Å². The Kier molecular flexibility index (Phi) is 4.35. The third kappa shape index (κ3) is 2.96. The summed E-state index contributed by atoms with van der Waals surface area (Å²) in [6, 6.07) is 7.39. The topological polar surface area (TPSA) is 48.4 Å². The number of methoxy groups -OCH3 is 1. The zero-order valence-electron chi connectivity index (χ0n) is 11.8. The third-order valence-corrected chi connectivity index (χ3v) is 3.03. The van der Waals surface area contributed by atoms with E-state index in [0.717, 1.165) is 28.7 Å². The number of pyridine rings is 1. The standard InChI is InChI=1S/C16H17NO3/c1-11-7-13(9-18)8-12(2)15(11)20-10-14-5-4-6-17-16(14)19-3/h4-9H,10H2,1-3H3. The van der Waals surface area contributed by atoms with Gasteiger partial charge in [-0.2, -0.15) is 0 Å². The molecule has 1 aromatic heterocycles. The van der Waals surface area contributed by atoms with Crippen molar-refractivity contribution >= 4 is 6.29 Å². The molecule has 2 aromatic rings. The highest BCUT2D eigenvalue weighted by molar-refractivity contribution is 5.76. The molecule has 0 fully saturated rings. The third-order valence-electron chi connectivity index (χ3n) is 3.03. The number of benzene rings is 1. The van der Waals surface area contributed by atoms with Crippen molar-refractivity contribution in [3.05, 3.63) is 52.7 Å². The van der Waals surface area contributed by atoms with Crippen molar-refractivity contribution in [3.63, 3.8) is 0 Å². The lowest BCUT2D eigenvalue weighted by molar-refractivity contribution is 0.112. The summed E-state index contributed by atoms with van der Waals surface area (Å²) in [7, 11) is 1.58. The molecule has 4 heteroatoms. The smallest absolute Gasteiger partial charge is 0.219 e. The lowest BCUT2D eigenvalue weighted by Gasteiger charge is -2.14. The monoisotopic (exact) mass is 271 g/mol. The van der Waals surface area contributed by atoms with Gasteiger partial charge in [0.15, 0.2) is 0 Å². The predicted octanol–water partition coefficient (Wildman–Crippen LogP) is 3.10. The quantitative estimate of drug-likeness (QED) is 0.784. The molecule has 4 nitrogen and oxygen atoms in total. The van der Waals surface area contributed by atoms with E-state index in [2.05, 4.69) is 4.98 Å².